The summed E-state index contributed by atoms with van der Waals surface area (Å²) in [5, 5.41) is 2.81. The van der Waals surface area contributed by atoms with E-state index in [0.717, 1.165) is 12.8 Å². The number of unbranched alkanes of at least 4 members (excludes halogenated alkanes) is 3. The van der Waals surface area contributed by atoms with Gasteiger partial charge >= 0.3 is 0 Å². The fourth-order valence-corrected chi connectivity index (χ4v) is 10.3. The molecule has 0 spiro atoms. The molecule has 3 amide bonds. The smallest absolute Gasteiger partial charge is 0.294 e. The molecule has 382 valence electrons. The zero-order valence-electron chi connectivity index (χ0n) is 39.1. The average Bonchev–Trinajstić information content (AvgIpc) is 3.77. The zero-order valence-corrected chi connectivity index (χ0v) is 42.4. The van der Waals surface area contributed by atoms with E-state index < -0.39 is 62.8 Å². The molecule has 0 saturated heterocycles. The number of carbonyl (C=O) groups excluding carboxylic acids is 3. The van der Waals surface area contributed by atoms with Crippen molar-refractivity contribution >= 4 is 75.3 Å². The Kier molecular flexibility index (Phi) is 17.9. The van der Waals surface area contributed by atoms with Gasteiger partial charge in [-0.3, -0.25) is 37.5 Å². The maximum absolute atomic E-state index is 12.5. The number of allylic oxidation sites excluding steroid dienone is 8. The van der Waals surface area contributed by atoms with Gasteiger partial charge in [-0.2, -0.15) is 38.2 Å². The van der Waals surface area contributed by atoms with Gasteiger partial charge in [-0.1, -0.05) is 51.0 Å². The van der Waals surface area contributed by atoms with Crippen LogP contribution in [0.5, 0.6) is 0 Å². The minimum absolute atomic E-state index is 0.174. The number of nitrogens with zero attached hydrogens (tertiary/aromatic N) is 3. The Labute approximate surface area is 409 Å². The molecule has 5 rings (SSSR count). The maximum Gasteiger partial charge on any atom is 0.294 e. The molecular weight excluding hydrogens is 993 g/mol. The lowest BCUT2D eigenvalue weighted by atomic mass is 9.81. The van der Waals surface area contributed by atoms with E-state index in [9.17, 15) is 66.3 Å². The van der Waals surface area contributed by atoms with E-state index in [4.69, 9.17) is 4.74 Å². The Morgan fingerprint density at radius 3 is 1.97 bits per heavy atom. The van der Waals surface area contributed by atoms with E-state index in [1.165, 1.54) is 53.5 Å². The number of nitrogens with one attached hydrogen (secondary N) is 1. The van der Waals surface area contributed by atoms with Crippen molar-refractivity contribution in [3.05, 3.63) is 107 Å². The highest BCUT2D eigenvalue weighted by atomic mass is 32.2. The molecule has 3 heterocycles. The highest BCUT2D eigenvalue weighted by Crippen LogP contribution is 2.48. The molecule has 5 N–H and O–H groups in total. The molecule has 2 aromatic rings. The summed E-state index contributed by atoms with van der Waals surface area (Å²) in [6.07, 6.45) is 16.5. The van der Waals surface area contributed by atoms with Crippen molar-refractivity contribution in [2.45, 2.75) is 86.8 Å². The summed E-state index contributed by atoms with van der Waals surface area (Å²) in [6, 6.07) is 7.88. The van der Waals surface area contributed by atoms with Gasteiger partial charge in [0.1, 0.15) is 12.4 Å². The molecule has 3 aliphatic rings. The second kappa shape index (κ2) is 22.5. The van der Waals surface area contributed by atoms with Crippen LogP contribution in [0, 0.1) is 0 Å². The van der Waals surface area contributed by atoms with Crippen LogP contribution in [0.3, 0.4) is 0 Å². The maximum atomic E-state index is 12.5. The van der Waals surface area contributed by atoms with Gasteiger partial charge in [-0.05, 0) is 87.1 Å². The average molecular weight is 1050 g/mol. The minimum atomic E-state index is -4.59. The number of hydrogen-bond donors (Lipinski definition) is 5. The summed E-state index contributed by atoms with van der Waals surface area (Å²) in [5.41, 5.74) is 1.76. The number of ether oxygens (including phenoxy) is 1. The summed E-state index contributed by atoms with van der Waals surface area (Å²) in [4.78, 5) is 38.0. The molecule has 0 radical (unpaired) electrons. The van der Waals surface area contributed by atoms with Crippen LogP contribution in [0.25, 0.3) is 0 Å². The van der Waals surface area contributed by atoms with Crippen molar-refractivity contribution in [3.63, 3.8) is 0 Å². The molecular formula is C46H59N4O16S4+. The van der Waals surface area contributed by atoms with Crippen LogP contribution in [0.2, 0.25) is 0 Å². The number of benzene rings is 2. The first-order chi connectivity index (χ1) is 32.5. The third-order valence-electron chi connectivity index (χ3n) is 12.1. The summed E-state index contributed by atoms with van der Waals surface area (Å²) in [5.74, 6) is -2.26. The van der Waals surface area contributed by atoms with Gasteiger partial charge in [0.25, 0.3) is 52.3 Å². The zero-order chi connectivity index (χ0) is 51.9. The Balaban J connectivity index is 1.36. The van der Waals surface area contributed by atoms with Gasteiger partial charge in [-0.25, -0.2) is 0 Å². The highest BCUT2D eigenvalue weighted by Gasteiger charge is 2.45. The SMILES string of the molecule is CC1(C)C(/C=C/C=C(/C=C/C=C2/N(CCS(=O)(=O)O)c3ccc(S(=O)(=O)O)cc3C2(C)C)CCCOCC(=O)NCCCCCCN2C(=O)C=CC2=O)=[N+](CCS(=O)(=O)O)c2ccc(S(=O)(=O)O)cc21. The minimum Gasteiger partial charge on any atom is -0.372 e. The van der Waals surface area contributed by atoms with Crippen LogP contribution in [-0.2, 0) is 70.4 Å². The quantitative estimate of drug-likeness (QED) is 0.0302. The second-order valence-corrected chi connectivity index (χ2v) is 23.9. The van der Waals surface area contributed by atoms with Gasteiger partial charge in [0.15, 0.2) is 12.3 Å². The van der Waals surface area contributed by atoms with Crippen LogP contribution in [-0.4, -0.2) is 136 Å². The number of hydrogen-bond acceptors (Lipinski definition) is 13. The van der Waals surface area contributed by atoms with Crippen molar-refractivity contribution in [1.82, 2.24) is 10.2 Å². The summed E-state index contributed by atoms with van der Waals surface area (Å²) in [7, 11) is -18.0. The Bertz CT molecular complexity index is 3010. The molecule has 0 aliphatic carbocycles. The second-order valence-electron chi connectivity index (χ2n) is 17.9. The normalized spacial score (nSPS) is 17.8. The Morgan fingerprint density at radius 1 is 0.729 bits per heavy atom. The van der Waals surface area contributed by atoms with E-state index >= 15 is 0 Å². The standard InChI is InChI=1S/C46H58N4O16S4/c1-45(2)36-30-34(69(60,61)62)17-19-38(36)48(25-28-67(54,55)56)40(45)15-9-12-33(14-11-27-66-32-42(51)47-23-7-5-6-8-24-50-43(52)21-22-44(50)53)13-10-16-41-46(3,4)37-31-35(70(63,64)65)18-20-39(37)49(41)26-29-68(57,58)59/h9-10,12-13,15-22,30-31H,5-8,11,14,23-29,32H2,1-4H3,(H4-,47,51,54,55,56,57,58,59,60,61,62,63,64,65)/p+1. The number of amides is 3. The molecule has 0 atom stereocenters. The molecule has 3 aliphatic heterocycles. The lowest BCUT2D eigenvalue weighted by Crippen LogP contribution is -2.31. The molecule has 0 saturated carbocycles. The predicted molar refractivity (Wildman–Crippen MR) is 260 cm³/mol. The monoisotopic (exact) mass is 1050 g/mol. The van der Waals surface area contributed by atoms with Crippen molar-refractivity contribution in [2.75, 3.05) is 55.8 Å². The van der Waals surface area contributed by atoms with Gasteiger partial charge in [0.05, 0.1) is 21.0 Å². The number of carbonyl (C=O) groups is 3. The van der Waals surface area contributed by atoms with Gasteiger partial charge in [0, 0.05) is 72.9 Å². The fraction of sp³-hybridized carbons (Fsp3) is 0.435. The van der Waals surface area contributed by atoms with Crippen LogP contribution in [0.15, 0.2) is 106 Å². The Hall–Kier alpha value is -5.18. The first kappa shape index (κ1) is 55.7. The number of rotatable bonds is 25. The van der Waals surface area contributed by atoms with E-state index in [2.05, 4.69) is 5.32 Å². The molecule has 20 nitrogen and oxygen atoms in total. The molecule has 0 unspecified atom stereocenters. The molecule has 2 aromatic carbocycles. The van der Waals surface area contributed by atoms with E-state index in [1.807, 2.05) is 0 Å². The molecule has 0 fully saturated rings. The van der Waals surface area contributed by atoms with E-state index in [0.29, 0.717) is 78.3 Å². The van der Waals surface area contributed by atoms with Crippen molar-refractivity contribution in [1.29, 1.82) is 0 Å². The van der Waals surface area contributed by atoms with Crippen LogP contribution >= 0.6 is 0 Å². The predicted octanol–water partition coefficient (Wildman–Crippen LogP) is 4.45. The van der Waals surface area contributed by atoms with Crippen molar-refractivity contribution in [2.24, 2.45) is 0 Å². The van der Waals surface area contributed by atoms with Crippen LogP contribution < -0.4 is 10.2 Å². The lowest BCUT2D eigenvalue weighted by molar-refractivity contribution is -0.432. The fourth-order valence-electron chi connectivity index (χ4n) is 8.50. The van der Waals surface area contributed by atoms with Crippen LogP contribution in [0.1, 0.15) is 77.3 Å². The molecule has 0 aromatic heterocycles. The highest BCUT2D eigenvalue weighted by molar-refractivity contribution is 7.86. The topological polar surface area (TPSA) is 299 Å². The first-order valence-corrected chi connectivity index (χ1v) is 28.3. The first-order valence-electron chi connectivity index (χ1n) is 22.2. The van der Waals surface area contributed by atoms with Crippen LogP contribution in [0.4, 0.5) is 11.4 Å². The van der Waals surface area contributed by atoms with Gasteiger partial charge in [0.2, 0.25) is 11.6 Å². The number of anilines is 1. The Morgan fingerprint density at radius 2 is 1.34 bits per heavy atom. The van der Waals surface area contributed by atoms with Crippen molar-refractivity contribution in [3.8, 4) is 0 Å². The molecule has 0 bridgehead atoms. The van der Waals surface area contributed by atoms with E-state index in [-0.39, 0.29) is 53.8 Å². The van der Waals surface area contributed by atoms with E-state index in [1.54, 1.807) is 73.6 Å². The molecule has 24 heteroatoms. The number of fused-ring (bicyclic) bond motifs is 2. The third kappa shape index (κ3) is 14.7. The summed E-state index contributed by atoms with van der Waals surface area (Å²) in [6.45, 7) is 7.47. The summed E-state index contributed by atoms with van der Waals surface area (Å²) < 4.78 is 142. The largest absolute Gasteiger partial charge is 0.372 e. The summed E-state index contributed by atoms with van der Waals surface area (Å²) >= 11 is 0. The van der Waals surface area contributed by atoms with Gasteiger partial charge < -0.3 is 15.0 Å². The molecule has 70 heavy (non-hydrogen) atoms. The van der Waals surface area contributed by atoms with Gasteiger partial charge in [-0.15, -0.1) is 0 Å². The van der Waals surface area contributed by atoms with Crippen molar-refractivity contribution < 1.29 is 75.6 Å². The third-order valence-corrected chi connectivity index (χ3v) is 15.2. The lowest BCUT2D eigenvalue weighted by Gasteiger charge is -2.26. The number of imide groups is 1.